The molecule has 0 amide bonds. The average Bonchev–Trinajstić information content (AvgIpc) is 2.93. The Morgan fingerprint density at radius 3 is 1.57 bits per heavy atom. The summed E-state index contributed by atoms with van der Waals surface area (Å²) >= 11 is 0. The lowest BCUT2D eigenvalue weighted by Gasteiger charge is -2.27. The summed E-state index contributed by atoms with van der Waals surface area (Å²) in [7, 11) is 3.89. The molecule has 0 unspecified atom stereocenters. The van der Waals surface area contributed by atoms with E-state index in [9.17, 15) is 26.2 Å². The quantitative estimate of drug-likeness (QED) is 0.211. The van der Waals surface area contributed by atoms with Gasteiger partial charge in [0.25, 0.3) is 0 Å². The monoisotopic (exact) mass is 581 g/mol. The Balaban J connectivity index is 3.41. The van der Waals surface area contributed by atoms with Gasteiger partial charge in [-0.05, 0) is 47.8 Å². The third-order valence-corrected chi connectivity index (χ3v) is 6.58. The van der Waals surface area contributed by atoms with Gasteiger partial charge in [-0.3, -0.25) is 0 Å². The molecule has 0 fully saturated rings. The van der Waals surface area contributed by atoms with Crippen LogP contribution in [0.5, 0.6) is 0 Å². The average molecular weight is 582 g/mol. The van der Waals surface area contributed by atoms with Crippen LogP contribution in [0.2, 0.25) is 0 Å². The smallest absolute Gasteiger partial charge is 0.138 e. The third-order valence-electron chi connectivity index (χ3n) is 6.58. The Morgan fingerprint density at radius 1 is 0.682 bits per heavy atom. The van der Waals surface area contributed by atoms with Crippen LogP contribution in [0, 0.1) is 68.0 Å². The molecule has 0 spiro atoms. The predicted octanol–water partition coefficient (Wildman–Crippen LogP) is 5.81. The zero-order valence-corrected chi connectivity index (χ0v) is 27.3. The van der Waals surface area contributed by atoms with E-state index in [0.717, 1.165) is 11.3 Å². The summed E-state index contributed by atoms with van der Waals surface area (Å²) in [4.78, 5) is 1.98. The molecule has 0 aromatic heterocycles. The first-order valence-corrected chi connectivity index (χ1v) is 14.1. The van der Waals surface area contributed by atoms with Crippen LogP contribution in [0.15, 0.2) is 76.6 Å². The van der Waals surface area contributed by atoms with E-state index < -0.39 is 16.4 Å². The first kappa shape index (κ1) is 34.9. The van der Waals surface area contributed by atoms with Crippen molar-refractivity contribution in [2.75, 3.05) is 19.0 Å². The molecule has 2 rings (SSSR count). The lowest BCUT2D eigenvalue weighted by atomic mass is 9.75. The number of rotatable bonds is 4. The van der Waals surface area contributed by atoms with Gasteiger partial charge in [-0.1, -0.05) is 89.8 Å². The fraction of sp³-hybridized carbons (Fsp3) is 0.342. The molecule has 0 aliphatic rings. The van der Waals surface area contributed by atoms with Gasteiger partial charge in [-0.2, -0.15) is 21.0 Å². The van der Waals surface area contributed by atoms with Gasteiger partial charge in [0, 0.05) is 47.1 Å². The molecule has 0 aliphatic carbocycles. The van der Waals surface area contributed by atoms with Crippen molar-refractivity contribution in [3.63, 3.8) is 0 Å². The van der Waals surface area contributed by atoms with Crippen LogP contribution in [0.25, 0.3) is 11.1 Å². The maximum atomic E-state index is 10.4. The minimum Gasteiger partial charge on any atom is -0.378 e. The molecule has 0 atom stereocenters. The molecule has 0 aliphatic heterocycles. The topological polar surface area (TPSA) is 119 Å². The van der Waals surface area contributed by atoms with Crippen molar-refractivity contribution in [3.8, 4) is 36.1 Å². The van der Waals surface area contributed by atoms with Crippen LogP contribution >= 0.6 is 0 Å². The van der Waals surface area contributed by atoms with Crippen LogP contribution in [0.3, 0.4) is 0 Å². The predicted molar refractivity (Wildman–Crippen MR) is 175 cm³/mol. The molecule has 6 nitrogen and oxygen atoms in total. The summed E-state index contributed by atoms with van der Waals surface area (Å²) in [5, 5.41) is 51.0. The van der Waals surface area contributed by atoms with E-state index in [-0.39, 0.29) is 11.1 Å². The largest absolute Gasteiger partial charge is 0.378 e. The van der Waals surface area contributed by atoms with Gasteiger partial charge in [0.2, 0.25) is 0 Å². The van der Waals surface area contributed by atoms with Crippen molar-refractivity contribution < 1.29 is 5.11 Å². The van der Waals surface area contributed by atoms with E-state index in [4.69, 9.17) is 0 Å². The van der Waals surface area contributed by atoms with Crippen molar-refractivity contribution in [3.05, 3.63) is 92.6 Å². The molecule has 44 heavy (non-hydrogen) atoms. The Kier molecular flexibility index (Phi) is 10.9. The van der Waals surface area contributed by atoms with Crippen LogP contribution in [0.4, 0.5) is 5.69 Å². The summed E-state index contributed by atoms with van der Waals surface area (Å²) in [5.74, 6) is 6.02. The molecule has 6 heteroatoms. The molecular formula is C38H39N5O. The number of allylic oxidation sites excluding steroid dienone is 3. The molecule has 0 heterocycles. The minimum atomic E-state index is -1.24. The van der Waals surface area contributed by atoms with Crippen molar-refractivity contribution >= 4 is 16.8 Å². The number of benzene rings is 2. The van der Waals surface area contributed by atoms with E-state index in [1.165, 1.54) is 0 Å². The highest BCUT2D eigenvalue weighted by atomic mass is 16.3. The number of anilines is 1. The lowest BCUT2D eigenvalue weighted by Crippen LogP contribution is -2.20. The zero-order chi connectivity index (χ0) is 33.5. The molecule has 1 N–H and O–H groups in total. The van der Waals surface area contributed by atoms with Gasteiger partial charge in [0.15, 0.2) is 0 Å². The molecule has 0 saturated heterocycles. The number of hydrogen-bond acceptors (Lipinski definition) is 6. The lowest BCUT2D eigenvalue weighted by molar-refractivity contribution is 0.143. The Morgan fingerprint density at radius 2 is 1.18 bits per heavy atom. The standard InChI is InChI=1S/C38H39N5O/c1-36(2,3)31(19-20-38(7,8)44)21-33(37(4,5)6)35(30(24-41)25-42)34(28-15-17-32(18-16-28)43(9)10)27-13-11-26(12-14-27)29(22-39)23-40/h11-18,44H,1-10H3. The zero-order valence-electron chi connectivity index (χ0n) is 27.3. The molecular weight excluding hydrogens is 542 g/mol. The van der Waals surface area contributed by atoms with Crippen molar-refractivity contribution in [2.24, 2.45) is 10.8 Å². The van der Waals surface area contributed by atoms with E-state index in [2.05, 4.69) is 29.7 Å². The van der Waals surface area contributed by atoms with Gasteiger partial charge in [-0.15, -0.1) is 5.73 Å². The minimum absolute atomic E-state index is 0.0163. The first-order valence-electron chi connectivity index (χ1n) is 14.1. The van der Waals surface area contributed by atoms with Crippen LogP contribution in [-0.2, 0) is 0 Å². The third kappa shape index (κ3) is 8.86. The highest BCUT2D eigenvalue weighted by Crippen LogP contribution is 2.40. The van der Waals surface area contributed by atoms with E-state index >= 15 is 0 Å². The normalized spacial score (nSPS) is 10.7. The maximum absolute atomic E-state index is 10.4. The summed E-state index contributed by atoms with van der Waals surface area (Å²) in [6, 6.07) is 22.8. The second kappa shape index (κ2) is 13.8. The van der Waals surface area contributed by atoms with Crippen LogP contribution < -0.4 is 15.3 Å². The summed E-state index contributed by atoms with van der Waals surface area (Å²) in [5.41, 5.74) is 5.05. The van der Waals surface area contributed by atoms with Gasteiger partial charge in [0.05, 0.1) is 0 Å². The number of nitrogens with zero attached hydrogens (tertiary/aromatic N) is 5. The summed E-state index contributed by atoms with van der Waals surface area (Å²) in [6.45, 7) is 15.2. The molecule has 0 saturated carbocycles. The number of aliphatic hydroxyl groups is 1. The second-order valence-electron chi connectivity index (χ2n) is 13.1. The van der Waals surface area contributed by atoms with Gasteiger partial charge in [0.1, 0.15) is 41.0 Å². The van der Waals surface area contributed by atoms with Crippen LogP contribution in [0.1, 0.15) is 61.0 Å². The van der Waals surface area contributed by atoms with E-state index in [0.29, 0.717) is 32.7 Å². The fourth-order valence-corrected chi connectivity index (χ4v) is 4.22. The maximum Gasteiger partial charge on any atom is 0.138 e. The van der Waals surface area contributed by atoms with Gasteiger partial charge in [-0.25, -0.2) is 0 Å². The SMILES string of the molecule is CN(C)c1ccc(C(C(C(=C=C(C#CC(C)(C)O)C(C)(C)C)C(C)(C)C)=C(C#N)C#N)=c2ccc(=C(C#N)C#N)cc2)cc1. The van der Waals surface area contributed by atoms with E-state index in [1.807, 2.05) is 96.9 Å². The number of hydrogen-bond donors (Lipinski definition) is 1. The van der Waals surface area contributed by atoms with E-state index in [1.54, 1.807) is 38.1 Å². The molecule has 0 bridgehead atoms. The van der Waals surface area contributed by atoms with Crippen molar-refractivity contribution in [2.45, 2.75) is 61.0 Å². The number of nitriles is 4. The Bertz CT molecular complexity index is 1830. The van der Waals surface area contributed by atoms with Crippen molar-refractivity contribution in [1.29, 1.82) is 21.0 Å². The Labute approximate surface area is 262 Å². The highest BCUT2D eigenvalue weighted by molar-refractivity contribution is 5.87. The van der Waals surface area contributed by atoms with Crippen LogP contribution in [-0.4, -0.2) is 24.8 Å². The second-order valence-corrected chi connectivity index (χ2v) is 13.1. The van der Waals surface area contributed by atoms with Crippen molar-refractivity contribution in [1.82, 2.24) is 0 Å². The summed E-state index contributed by atoms with van der Waals surface area (Å²) in [6.07, 6.45) is 0. The molecule has 222 valence electrons. The summed E-state index contributed by atoms with van der Waals surface area (Å²) < 4.78 is 0. The van der Waals surface area contributed by atoms with Gasteiger partial charge >= 0.3 is 0 Å². The highest BCUT2D eigenvalue weighted by Gasteiger charge is 2.29. The fourth-order valence-electron chi connectivity index (χ4n) is 4.22. The Hall–Kier alpha value is -5.28. The molecule has 2 aromatic carbocycles. The molecule has 0 radical (unpaired) electrons. The molecule has 2 aromatic rings. The first-order chi connectivity index (χ1) is 20.4. The van der Waals surface area contributed by atoms with Gasteiger partial charge < -0.3 is 10.0 Å².